The van der Waals surface area contributed by atoms with E-state index < -0.39 is 9.84 Å². The predicted molar refractivity (Wildman–Crippen MR) is 221 cm³/mol. The fourth-order valence-corrected chi connectivity index (χ4v) is 16.5. The maximum atomic E-state index is 12.2. The predicted octanol–water partition coefficient (Wildman–Crippen LogP) is 7.34. The number of morpholine rings is 1. The molecule has 4 saturated carbocycles. The molecule has 2 heterocycles. The molecule has 1 aromatic carbocycles. The van der Waals surface area contributed by atoms with Crippen LogP contribution in [0.3, 0.4) is 0 Å². The molecule has 8 nitrogen and oxygen atoms in total. The van der Waals surface area contributed by atoms with Crippen molar-refractivity contribution in [3.05, 3.63) is 41.5 Å². The molecule has 0 spiro atoms. The van der Waals surface area contributed by atoms with Crippen LogP contribution in [0.4, 0.5) is 0 Å². The molecule has 0 aromatic heterocycles. The van der Waals surface area contributed by atoms with Gasteiger partial charge in [0.25, 0.3) is 0 Å². The van der Waals surface area contributed by atoms with Crippen LogP contribution in [0.15, 0.2) is 30.3 Å². The number of nitrogens with one attached hydrogen (secondary N) is 1. The standard InChI is InChI=1S/C46H71N3O5S/c1-32(49-24-28-54-29-25-49)35-14-19-46(47-22-23-48-26-30-55(51,52)31-27-48)21-20-44(5)37(40(35)46)12-13-39-43(4)17-15-36(33-8-10-34(11-9-33)41(50)53-7)42(2,3)38(43)16-18-45(39,44)6/h8-11,15,32,35,37-40,47H,12-14,16-31H2,1-7H3. The van der Waals surface area contributed by atoms with E-state index in [0.29, 0.717) is 65.8 Å². The van der Waals surface area contributed by atoms with E-state index in [9.17, 15) is 13.2 Å². The number of carbonyl (C=O) groups is 1. The number of esters is 1. The third-order valence-corrected chi connectivity index (χ3v) is 19.9. The monoisotopic (exact) mass is 778 g/mol. The van der Waals surface area contributed by atoms with Gasteiger partial charge in [-0.1, -0.05) is 52.8 Å². The second kappa shape index (κ2) is 14.5. The Labute approximate surface area is 332 Å². The molecule has 0 amide bonds. The largest absolute Gasteiger partial charge is 0.465 e. The zero-order valence-corrected chi connectivity index (χ0v) is 35.9. The summed E-state index contributed by atoms with van der Waals surface area (Å²) in [5.74, 6) is 3.64. The minimum Gasteiger partial charge on any atom is -0.465 e. The minimum atomic E-state index is -2.87. The second-order valence-electron chi connectivity index (χ2n) is 20.5. The Morgan fingerprint density at radius 3 is 2.29 bits per heavy atom. The zero-order chi connectivity index (χ0) is 39.0. The minimum absolute atomic E-state index is 0.0349. The lowest BCUT2D eigenvalue weighted by Crippen LogP contribution is -2.68. The number of benzene rings is 1. The Kier molecular flexibility index (Phi) is 10.5. The highest BCUT2D eigenvalue weighted by Gasteiger charge is 2.70. The fraction of sp³-hybridized carbons (Fsp3) is 0.804. The molecule has 306 valence electrons. The number of allylic oxidation sites excluding steroid dienone is 2. The number of methoxy groups -OCH3 is 1. The molecule has 55 heavy (non-hydrogen) atoms. The molecule has 0 radical (unpaired) electrons. The Bertz CT molecular complexity index is 1730. The molecule has 5 aliphatic carbocycles. The summed E-state index contributed by atoms with van der Waals surface area (Å²) in [6, 6.07) is 8.68. The molecular weight excluding hydrogens is 707 g/mol. The van der Waals surface area contributed by atoms with Crippen molar-refractivity contribution in [1.82, 2.24) is 15.1 Å². The zero-order valence-electron chi connectivity index (χ0n) is 35.1. The number of sulfone groups is 1. The quantitative estimate of drug-likeness (QED) is 0.275. The van der Waals surface area contributed by atoms with Crippen LogP contribution in [0, 0.1) is 51.2 Å². The van der Waals surface area contributed by atoms with Gasteiger partial charge in [-0.15, -0.1) is 0 Å². The summed E-state index contributed by atoms with van der Waals surface area (Å²) in [5, 5.41) is 4.32. The van der Waals surface area contributed by atoms with Gasteiger partial charge < -0.3 is 19.7 Å². The third-order valence-electron chi connectivity index (χ3n) is 18.3. The van der Waals surface area contributed by atoms with E-state index in [4.69, 9.17) is 9.47 Å². The van der Waals surface area contributed by atoms with Gasteiger partial charge in [0.2, 0.25) is 0 Å². The van der Waals surface area contributed by atoms with Crippen molar-refractivity contribution in [2.24, 2.45) is 51.2 Å². The molecule has 8 rings (SSSR count). The summed E-state index contributed by atoms with van der Waals surface area (Å²) in [6.45, 7) is 22.8. The summed E-state index contributed by atoms with van der Waals surface area (Å²) < 4.78 is 35.1. The number of carbonyl (C=O) groups excluding carboxylic acids is 1. The van der Waals surface area contributed by atoms with E-state index in [0.717, 1.165) is 45.8 Å². The molecule has 7 aliphatic rings. The lowest BCUT2D eigenvalue weighted by atomic mass is 9.33. The van der Waals surface area contributed by atoms with Crippen molar-refractivity contribution in [3.8, 4) is 0 Å². The summed E-state index contributed by atoms with van der Waals surface area (Å²) in [7, 11) is -1.42. The van der Waals surface area contributed by atoms with Crippen molar-refractivity contribution in [2.45, 2.75) is 111 Å². The van der Waals surface area contributed by atoms with Crippen LogP contribution < -0.4 is 5.32 Å². The first-order chi connectivity index (χ1) is 26.1. The molecule has 9 heteroatoms. The summed E-state index contributed by atoms with van der Waals surface area (Å²) in [6.07, 6.45) is 14.1. The highest BCUT2D eigenvalue weighted by atomic mass is 32.2. The van der Waals surface area contributed by atoms with Gasteiger partial charge >= 0.3 is 5.97 Å². The van der Waals surface area contributed by atoms with Crippen LogP contribution in [0.2, 0.25) is 0 Å². The Morgan fingerprint density at radius 2 is 1.60 bits per heavy atom. The second-order valence-corrected chi connectivity index (χ2v) is 22.8. The Hall–Kier alpha value is -1.78. The van der Waals surface area contributed by atoms with E-state index >= 15 is 0 Å². The molecule has 0 bridgehead atoms. The van der Waals surface area contributed by atoms with Gasteiger partial charge in [-0.3, -0.25) is 4.90 Å². The van der Waals surface area contributed by atoms with E-state index in [1.165, 1.54) is 69.6 Å². The topological polar surface area (TPSA) is 88.2 Å². The van der Waals surface area contributed by atoms with Crippen molar-refractivity contribution in [3.63, 3.8) is 0 Å². The lowest BCUT2D eigenvalue weighted by molar-refractivity contribution is -0.222. The Morgan fingerprint density at radius 1 is 0.891 bits per heavy atom. The maximum absolute atomic E-state index is 12.2. The first-order valence-electron chi connectivity index (χ1n) is 22.0. The van der Waals surface area contributed by atoms with Gasteiger partial charge in [0, 0.05) is 50.8 Å². The van der Waals surface area contributed by atoms with E-state index in [2.05, 4.69) is 74.9 Å². The number of rotatable bonds is 8. The molecule has 2 aliphatic heterocycles. The van der Waals surface area contributed by atoms with Crippen molar-refractivity contribution >= 4 is 21.4 Å². The molecule has 1 N–H and O–H groups in total. The smallest absolute Gasteiger partial charge is 0.337 e. The van der Waals surface area contributed by atoms with Crippen molar-refractivity contribution in [2.75, 3.05) is 71.1 Å². The van der Waals surface area contributed by atoms with Gasteiger partial charge in [0.15, 0.2) is 9.84 Å². The van der Waals surface area contributed by atoms with Gasteiger partial charge in [-0.05, 0) is 139 Å². The van der Waals surface area contributed by atoms with E-state index in [1.807, 2.05) is 12.1 Å². The van der Waals surface area contributed by atoms with Crippen LogP contribution >= 0.6 is 0 Å². The van der Waals surface area contributed by atoms with Crippen LogP contribution in [-0.2, 0) is 19.3 Å². The molecule has 6 fully saturated rings. The molecular formula is C46H71N3O5S. The van der Waals surface area contributed by atoms with Gasteiger partial charge in [-0.25, -0.2) is 13.2 Å². The summed E-state index contributed by atoms with van der Waals surface area (Å²) >= 11 is 0. The van der Waals surface area contributed by atoms with Gasteiger partial charge in [0.1, 0.15) is 0 Å². The average Bonchev–Trinajstić information content (AvgIpc) is 3.55. The van der Waals surface area contributed by atoms with Crippen molar-refractivity contribution < 1.29 is 22.7 Å². The van der Waals surface area contributed by atoms with Crippen LogP contribution in [0.25, 0.3) is 5.57 Å². The highest BCUT2D eigenvalue weighted by molar-refractivity contribution is 7.91. The highest BCUT2D eigenvalue weighted by Crippen LogP contribution is 2.76. The normalized spacial score (nSPS) is 41.9. The first kappa shape index (κ1) is 40.0. The molecule has 2 saturated heterocycles. The average molecular weight is 778 g/mol. The van der Waals surface area contributed by atoms with E-state index in [1.54, 1.807) is 0 Å². The van der Waals surface area contributed by atoms with Gasteiger partial charge in [-0.2, -0.15) is 0 Å². The fourth-order valence-electron chi connectivity index (χ4n) is 15.2. The van der Waals surface area contributed by atoms with Crippen LogP contribution in [0.1, 0.15) is 115 Å². The molecule has 10 unspecified atom stereocenters. The lowest BCUT2D eigenvalue weighted by Gasteiger charge is -2.72. The first-order valence-corrected chi connectivity index (χ1v) is 23.8. The third kappa shape index (κ3) is 6.51. The Balaban J connectivity index is 1.07. The van der Waals surface area contributed by atoms with Gasteiger partial charge in [0.05, 0.1) is 37.4 Å². The molecule has 1 aromatic rings. The van der Waals surface area contributed by atoms with Crippen molar-refractivity contribution in [1.29, 1.82) is 0 Å². The summed E-state index contributed by atoms with van der Waals surface area (Å²) in [4.78, 5) is 17.3. The number of fused-ring (bicyclic) bond motifs is 7. The van der Waals surface area contributed by atoms with Crippen LogP contribution in [-0.4, -0.2) is 107 Å². The SMILES string of the molecule is COC(=O)c1ccc(C2=CCC3(C)C(CCC4(C)C3CCC3C5C(C(C)N6CCOCC6)CCC5(NCCN5CCS(=O)(=O)CC5)CCC34C)C2(C)C)cc1. The van der Waals surface area contributed by atoms with E-state index in [-0.39, 0.29) is 33.2 Å². The molecule has 10 atom stereocenters. The maximum Gasteiger partial charge on any atom is 0.337 e. The number of ether oxygens (including phenoxy) is 2. The number of hydrogen-bond acceptors (Lipinski definition) is 8. The van der Waals surface area contributed by atoms with Crippen LogP contribution in [0.5, 0.6) is 0 Å². The summed E-state index contributed by atoms with van der Waals surface area (Å²) in [5.41, 5.74) is 4.30. The number of hydrogen-bond donors (Lipinski definition) is 1. The number of nitrogens with zero attached hydrogens (tertiary/aromatic N) is 2.